The molecule has 0 saturated heterocycles. The third-order valence-corrected chi connectivity index (χ3v) is 1.97. The molecule has 1 aliphatic carbocycles. The van der Waals surface area contributed by atoms with E-state index in [1.165, 1.54) is 0 Å². The van der Waals surface area contributed by atoms with Gasteiger partial charge in [0.15, 0.2) is 5.78 Å². The number of aliphatic carboxylic acids is 1. The Hall–Kier alpha value is -1.23. The average Bonchev–Trinajstić information content (AvgIpc) is 2.02. The van der Waals surface area contributed by atoms with Gasteiger partial charge in [-0.3, -0.25) is 19.7 Å². The number of hydrogen-bond acceptors (Lipinski definition) is 4. The smallest absolute Gasteiger partial charge is 0.317 e. The number of Topliss-reactive ketones (excluding diaryl/α,β-unsaturated/α-hetero) is 2. The Morgan fingerprint density at radius 1 is 1.54 bits per heavy atom. The summed E-state index contributed by atoms with van der Waals surface area (Å²) in [4.78, 5) is 32.1. The molecule has 0 aromatic rings. The molecule has 1 unspecified atom stereocenters. The van der Waals surface area contributed by atoms with Crippen molar-refractivity contribution in [3.8, 4) is 0 Å². The van der Waals surface area contributed by atoms with E-state index in [0.717, 1.165) is 0 Å². The molecule has 1 rings (SSSR count). The van der Waals surface area contributed by atoms with Crippen LogP contribution in [0.25, 0.3) is 0 Å². The molecular formula is C8H11NO4. The van der Waals surface area contributed by atoms with Gasteiger partial charge < -0.3 is 5.11 Å². The van der Waals surface area contributed by atoms with Gasteiger partial charge in [0.2, 0.25) is 0 Å². The minimum absolute atomic E-state index is 0.0571. The molecule has 0 heterocycles. The molecule has 0 aromatic heterocycles. The first-order valence-electron chi connectivity index (χ1n) is 4.09. The summed E-state index contributed by atoms with van der Waals surface area (Å²) < 4.78 is 0. The van der Waals surface area contributed by atoms with Crippen molar-refractivity contribution in [2.75, 3.05) is 6.54 Å². The largest absolute Gasteiger partial charge is 0.480 e. The zero-order valence-electron chi connectivity index (χ0n) is 7.08. The molecule has 1 fully saturated rings. The van der Waals surface area contributed by atoms with Gasteiger partial charge in [0.25, 0.3) is 0 Å². The first-order chi connectivity index (χ1) is 6.09. The SMILES string of the molecule is O=C(O)CNC1CCC(=O)CC1=O. The monoisotopic (exact) mass is 185 g/mol. The Morgan fingerprint density at radius 2 is 2.23 bits per heavy atom. The number of carboxylic acids is 1. The predicted molar refractivity (Wildman–Crippen MR) is 43.3 cm³/mol. The molecule has 2 N–H and O–H groups in total. The van der Waals surface area contributed by atoms with Crippen LogP contribution >= 0.6 is 0 Å². The lowest BCUT2D eigenvalue weighted by Gasteiger charge is -2.19. The molecule has 5 nitrogen and oxygen atoms in total. The Bertz CT molecular complexity index is 249. The molecule has 0 aromatic carbocycles. The number of nitrogens with one attached hydrogen (secondary N) is 1. The summed E-state index contributed by atoms with van der Waals surface area (Å²) in [7, 11) is 0. The summed E-state index contributed by atoms with van der Waals surface area (Å²) in [5, 5.41) is 10.9. The highest BCUT2D eigenvalue weighted by molar-refractivity contribution is 6.04. The molecule has 13 heavy (non-hydrogen) atoms. The van der Waals surface area contributed by atoms with Gasteiger partial charge >= 0.3 is 5.97 Å². The van der Waals surface area contributed by atoms with Crippen LogP contribution in [0.15, 0.2) is 0 Å². The molecule has 0 aliphatic heterocycles. The second-order valence-corrected chi connectivity index (χ2v) is 3.05. The van der Waals surface area contributed by atoms with E-state index in [1.807, 2.05) is 0 Å². The van der Waals surface area contributed by atoms with Crippen LogP contribution in [0.1, 0.15) is 19.3 Å². The molecule has 1 aliphatic rings. The highest BCUT2D eigenvalue weighted by atomic mass is 16.4. The van der Waals surface area contributed by atoms with E-state index in [9.17, 15) is 14.4 Å². The molecule has 72 valence electrons. The van der Waals surface area contributed by atoms with Crippen LogP contribution in [-0.2, 0) is 14.4 Å². The van der Waals surface area contributed by atoms with Crippen LogP contribution in [0, 0.1) is 0 Å². The van der Waals surface area contributed by atoms with E-state index in [4.69, 9.17) is 5.11 Å². The normalized spacial score (nSPS) is 23.2. The number of carbonyl (C=O) groups is 3. The average molecular weight is 185 g/mol. The Morgan fingerprint density at radius 3 is 2.77 bits per heavy atom. The van der Waals surface area contributed by atoms with Gasteiger partial charge in [0.1, 0.15) is 5.78 Å². The molecule has 0 bridgehead atoms. The van der Waals surface area contributed by atoms with Crippen molar-refractivity contribution >= 4 is 17.5 Å². The summed E-state index contributed by atoms with van der Waals surface area (Å²) in [6.45, 7) is -0.232. The van der Waals surface area contributed by atoms with E-state index < -0.39 is 12.0 Å². The van der Waals surface area contributed by atoms with Gasteiger partial charge in [0, 0.05) is 6.42 Å². The van der Waals surface area contributed by atoms with Crippen molar-refractivity contribution in [1.29, 1.82) is 0 Å². The van der Waals surface area contributed by atoms with Crippen LogP contribution in [0.2, 0.25) is 0 Å². The zero-order chi connectivity index (χ0) is 9.84. The van der Waals surface area contributed by atoms with Crippen molar-refractivity contribution < 1.29 is 19.5 Å². The zero-order valence-corrected chi connectivity index (χ0v) is 7.08. The van der Waals surface area contributed by atoms with Gasteiger partial charge in [-0.2, -0.15) is 0 Å². The fourth-order valence-electron chi connectivity index (χ4n) is 1.30. The third-order valence-electron chi connectivity index (χ3n) is 1.97. The Kier molecular flexibility index (Phi) is 3.13. The Labute approximate surface area is 75.1 Å². The molecule has 1 saturated carbocycles. The fraction of sp³-hybridized carbons (Fsp3) is 0.625. The standard InChI is InChI=1S/C8H11NO4/c10-5-1-2-6(7(11)3-5)9-4-8(12)13/h6,9H,1-4H2,(H,12,13). The van der Waals surface area contributed by atoms with Crippen LogP contribution in [-0.4, -0.2) is 35.2 Å². The van der Waals surface area contributed by atoms with Crippen LogP contribution in [0.3, 0.4) is 0 Å². The Balaban J connectivity index is 2.38. The van der Waals surface area contributed by atoms with Gasteiger partial charge in [-0.25, -0.2) is 0 Å². The molecule has 1 atom stereocenters. The summed E-state index contributed by atoms with van der Waals surface area (Å²) in [6.07, 6.45) is 0.727. The topological polar surface area (TPSA) is 83.5 Å². The van der Waals surface area contributed by atoms with Gasteiger partial charge in [-0.1, -0.05) is 0 Å². The molecule has 0 spiro atoms. The number of ketones is 2. The maximum atomic E-state index is 11.1. The number of carbonyl (C=O) groups excluding carboxylic acids is 2. The first-order valence-corrected chi connectivity index (χ1v) is 4.09. The third kappa shape index (κ3) is 2.95. The second kappa shape index (κ2) is 4.13. The van der Waals surface area contributed by atoms with Crippen LogP contribution in [0.5, 0.6) is 0 Å². The van der Waals surface area contributed by atoms with Crippen molar-refractivity contribution in [3.63, 3.8) is 0 Å². The fourth-order valence-corrected chi connectivity index (χ4v) is 1.30. The highest BCUT2D eigenvalue weighted by Gasteiger charge is 2.26. The summed E-state index contributed by atoms with van der Waals surface area (Å²) >= 11 is 0. The molecule has 5 heteroatoms. The van der Waals surface area contributed by atoms with Crippen molar-refractivity contribution in [2.24, 2.45) is 0 Å². The molecule has 0 radical (unpaired) electrons. The lowest BCUT2D eigenvalue weighted by atomic mass is 9.93. The number of hydrogen-bond donors (Lipinski definition) is 2. The molecule has 0 amide bonds. The van der Waals surface area contributed by atoms with Gasteiger partial charge in [-0.05, 0) is 6.42 Å². The quantitative estimate of drug-likeness (QED) is 0.571. The van der Waals surface area contributed by atoms with Crippen molar-refractivity contribution in [1.82, 2.24) is 5.32 Å². The van der Waals surface area contributed by atoms with E-state index in [0.29, 0.717) is 12.8 Å². The van der Waals surface area contributed by atoms with Gasteiger partial charge in [-0.15, -0.1) is 0 Å². The van der Waals surface area contributed by atoms with E-state index in [1.54, 1.807) is 0 Å². The maximum absolute atomic E-state index is 11.1. The lowest BCUT2D eigenvalue weighted by molar-refractivity contribution is -0.136. The summed E-state index contributed by atoms with van der Waals surface area (Å²) in [6, 6.07) is -0.450. The van der Waals surface area contributed by atoms with E-state index >= 15 is 0 Å². The summed E-state index contributed by atoms with van der Waals surface area (Å²) in [5.74, 6) is -1.25. The first kappa shape index (κ1) is 9.85. The second-order valence-electron chi connectivity index (χ2n) is 3.05. The van der Waals surface area contributed by atoms with Gasteiger partial charge in [0.05, 0.1) is 19.0 Å². The minimum Gasteiger partial charge on any atom is -0.480 e. The van der Waals surface area contributed by atoms with Crippen LogP contribution in [0.4, 0.5) is 0 Å². The van der Waals surface area contributed by atoms with E-state index in [2.05, 4.69) is 5.32 Å². The highest BCUT2D eigenvalue weighted by Crippen LogP contribution is 2.11. The lowest BCUT2D eigenvalue weighted by Crippen LogP contribution is -2.43. The number of rotatable bonds is 3. The molecular weight excluding hydrogens is 174 g/mol. The number of carboxylic acid groups (broad SMARTS) is 1. The van der Waals surface area contributed by atoms with E-state index in [-0.39, 0.29) is 24.5 Å². The minimum atomic E-state index is -0.996. The van der Waals surface area contributed by atoms with Crippen molar-refractivity contribution in [2.45, 2.75) is 25.3 Å². The van der Waals surface area contributed by atoms with Crippen LogP contribution < -0.4 is 5.32 Å². The van der Waals surface area contributed by atoms with Crippen molar-refractivity contribution in [3.05, 3.63) is 0 Å². The predicted octanol–water partition coefficient (Wildman–Crippen LogP) is -0.649. The maximum Gasteiger partial charge on any atom is 0.317 e. The summed E-state index contributed by atoms with van der Waals surface area (Å²) in [5.41, 5.74) is 0.